The van der Waals surface area contributed by atoms with Crippen LogP contribution in [0.15, 0.2) is 11.6 Å². The second kappa shape index (κ2) is 14.1. The summed E-state index contributed by atoms with van der Waals surface area (Å²) in [5.41, 5.74) is -1.02. The summed E-state index contributed by atoms with van der Waals surface area (Å²) in [4.78, 5) is 24.3. The molecule has 2 saturated heterocycles. The summed E-state index contributed by atoms with van der Waals surface area (Å²) in [6, 6.07) is 0. The molecule has 52 heavy (non-hydrogen) atoms. The van der Waals surface area contributed by atoms with Gasteiger partial charge < -0.3 is 64.2 Å². The number of aliphatic hydroxyl groups excluding tert-OH is 6. The first-order valence-electron chi connectivity index (χ1n) is 18.9. The van der Waals surface area contributed by atoms with E-state index in [9.17, 15) is 45.3 Å². The van der Waals surface area contributed by atoms with Crippen LogP contribution in [0.5, 0.6) is 0 Å². The van der Waals surface area contributed by atoms with Gasteiger partial charge in [-0.3, -0.25) is 4.79 Å². The number of hydrogen-bond donors (Lipinski definition) is 7. The lowest BCUT2D eigenvalue weighted by Crippen LogP contribution is -2.64. The Kier molecular flexibility index (Phi) is 10.4. The molecule has 4 saturated carbocycles. The van der Waals surface area contributed by atoms with Crippen molar-refractivity contribution < 1.29 is 73.8 Å². The number of ether oxygens (including phenoxy) is 6. The Labute approximate surface area is 303 Å². The van der Waals surface area contributed by atoms with Gasteiger partial charge in [-0.1, -0.05) is 13.8 Å². The molecular formula is C37H56O15. The molecule has 0 bridgehead atoms. The van der Waals surface area contributed by atoms with Gasteiger partial charge in [0.1, 0.15) is 55.4 Å². The first kappa shape index (κ1) is 38.5. The van der Waals surface area contributed by atoms with Crippen molar-refractivity contribution in [3.63, 3.8) is 0 Å². The molecule has 3 aliphatic heterocycles. The molecule has 0 spiro atoms. The molecule has 7 N–H and O–H groups in total. The Morgan fingerprint density at radius 1 is 0.904 bits per heavy atom. The Morgan fingerprint density at radius 3 is 2.29 bits per heavy atom. The summed E-state index contributed by atoms with van der Waals surface area (Å²) in [6.07, 6.45) is -7.32. The van der Waals surface area contributed by atoms with Gasteiger partial charge in [0.05, 0.1) is 24.4 Å². The second-order valence-electron chi connectivity index (χ2n) is 17.1. The Morgan fingerprint density at radius 2 is 1.62 bits per heavy atom. The number of carbonyl (C=O) groups is 2. The molecule has 19 atom stereocenters. The zero-order chi connectivity index (χ0) is 37.5. The predicted octanol–water partition coefficient (Wildman–Crippen LogP) is -0.178. The van der Waals surface area contributed by atoms with E-state index in [0.29, 0.717) is 25.7 Å². The molecule has 0 aromatic heterocycles. The van der Waals surface area contributed by atoms with E-state index >= 15 is 0 Å². The van der Waals surface area contributed by atoms with Crippen molar-refractivity contribution in [1.29, 1.82) is 0 Å². The molecule has 0 aromatic carbocycles. The van der Waals surface area contributed by atoms with Crippen LogP contribution in [0.4, 0.5) is 0 Å². The monoisotopic (exact) mass is 740 g/mol. The molecule has 0 aromatic rings. The van der Waals surface area contributed by atoms with E-state index in [1.807, 2.05) is 0 Å². The number of esters is 2. The van der Waals surface area contributed by atoms with E-state index in [2.05, 4.69) is 13.8 Å². The summed E-state index contributed by atoms with van der Waals surface area (Å²) < 4.78 is 34.7. The number of cyclic esters (lactones) is 1. The fourth-order valence-electron chi connectivity index (χ4n) is 11.7. The lowest BCUT2D eigenvalue weighted by molar-refractivity contribution is -0.360. The first-order chi connectivity index (χ1) is 24.5. The number of carbonyl (C=O) groups excluding carboxylic acids is 2. The summed E-state index contributed by atoms with van der Waals surface area (Å²) in [6.45, 7) is 6.90. The van der Waals surface area contributed by atoms with Crippen molar-refractivity contribution in [3.05, 3.63) is 11.6 Å². The van der Waals surface area contributed by atoms with Crippen molar-refractivity contribution >= 4 is 11.9 Å². The minimum Gasteiger partial charge on any atom is -0.462 e. The number of fused-ring (bicyclic) bond motifs is 5. The van der Waals surface area contributed by atoms with Crippen LogP contribution in [-0.2, 0) is 38.0 Å². The molecule has 7 aliphatic rings. The highest BCUT2D eigenvalue weighted by molar-refractivity contribution is 5.85. The van der Waals surface area contributed by atoms with Crippen LogP contribution in [0.3, 0.4) is 0 Å². The van der Waals surface area contributed by atoms with E-state index in [1.54, 1.807) is 6.92 Å². The minimum absolute atomic E-state index is 0.0215. The standard InChI is InChI=1S/C37H56O15/c1-16-32(52-34-30(44)28(42)27(41)24(14-38)51-34)29(43)31(45)33(48-16)50-20-7-9-35(3)19(12-20)5-6-22-21(35)8-10-36(4)26(18-11-25(40)47-15-18)23(49-17(2)39)13-37(22,36)46/h11,16,19-24,26-34,38,41-46H,5-10,12-15H2,1-4H3/t16-,19+,20-,21-,22+,23-,24+,26-,27+,28-,29-,30+,31+,32-,33-,34-,35-,36+,37-/m0/s1. The zero-order valence-electron chi connectivity index (χ0n) is 30.3. The van der Waals surface area contributed by atoms with Gasteiger partial charge in [-0.15, -0.1) is 0 Å². The molecule has 294 valence electrons. The number of aliphatic hydroxyl groups is 7. The van der Waals surface area contributed by atoms with Gasteiger partial charge in [0, 0.05) is 30.8 Å². The van der Waals surface area contributed by atoms with E-state index in [0.717, 1.165) is 31.3 Å². The van der Waals surface area contributed by atoms with E-state index < -0.39 is 97.1 Å². The maximum Gasteiger partial charge on any atom is 0.331 e. The van der Waals surface area contributed by atoms with Gasteiger partial charge in [-0.25, -0.2) is 4.79 Å². The maximum atomic E-state index is 12.8. The van der Waals surface area contributed by atoms with Crippen molar-refractivity contribution in [2.75, 3.05) is 13.2 Å². The highest BCUT2D eigenvalue weighted by atomic mass is 16.7. The van der Waals surface area contributed by atoms with Crippen LogP contribution in [0.2, 0.25) is 0 Å². The molecule has 15 heteroatoms. The van der Waals surface area contributed by atoms with Crippen LogP contribution in [0.25, 0.3) is 0 Å². The predicted molar refractivity (Wildman–Crippen MR) is 177 cm³/mol. The average molecular weight is 741 g/mol. The minimum atomic E-state index is -1.68. The molecule has 6 fully saturated rings. The van der Waals surface area contributed by atoms with Crippen molar-refractivity contribution in [3.8, 4) is 0 Å². The fraction of sp³-hybridized carbons (Fsp3) is 0.892. The van der Waals surface area contributed by atoms with Crippen LogP contribution in [0, 0.1) is 34.5 Å². The summed E-state index contributed by atoms with van der Waals surface area (Å²) in [7, 11) is 0. The van der Waals surface area contributed by atoms with Crippen LogP contribution in [-0.4, -0.2) is 140 Å². The molecule has 0 unspecified atom stereocenters. The molecule has 15 nitrogen and oxygen atoms in total. The molecule has 0 radical (unpaired) electrons. The number of rotatable bonds is 7. The SMILES string of the molecule is CC(=O)O[C@H]1C[C@]2(O)[C@@H]3CC[C@@H]4C[C@@H](O[C@@H]5O[C@@H](C)[C@H](O[C@@H]6O[C@H](CO)[C@@H](O)[C@H](O)[C@H]6O)[C@@H](O)[C@H]5O)CC[C@]4(C)[C@H]3CC[C@]2(C)[C@H]1C1=CC(=O)OC1. The van der Waals surface area contributed by atoms with E-state index in [1.165, 1.54) is 13.0 Å². The summed E-state index contributed by atoms with van der Waals surface area (Å²) in [5, 5.41) is 75.2. The van der Waals surface area contributed by atoms with Crippen LogP contribution < -0.4 is 0 Å². The lowest BCUT2D eigenvalue weighted by atomic mass is 9.43. The van der Waals surface area contributed by atoms with Gasteiger partial charge in [-0.2, -0.15) is 0 Å². The third-order valence-corrected chi connectivity index (χ3v) is 14.4. The molecule has 0 amide bonds. The smallest absolute Gasteiger partial charge is 0.331 e. The van der Waals surface area contributed by atoms with E-state index in [4.69, 9.17) is 28.4 Å². The second-order valence-corrected chi connectivity index (χ2v) is 17.1. The largest absolute Gasteiger partial charge is 0.462 e. The van der Waals surface area contributed by atoms with Crippen LogP contribution >= 0.6 is 0 Å². The summed E-state index contributed by atoms with van der Waals surface area (Å²) in [5.74, 6) is -0.667. The highest BCUT2D eigenvalue weighted by Gasteiger charge is 2.71. The van der Waals surface area contributed by atoms with Crippen LogP contribution in [0.1, 0.15) is 79.1 Å². The van der Waals surface area contributed by atoms with E-state index in [-0.39, 0.29) is 41.8 Å². The molecule has 4 aliphatic carbocycles. The van der Waals surface area contributed by atoms with Crippen molar-refractivity contribution in [1.82, 2.24) is 0 Å². The summed E-state index contributed by atoms with van der Waals surface area (Å²) >= 11 is 0. The highest BCUT2D eigenvalue weighted by Crippen LogP contribution is 2.70. The molecular weight excluding hydrogens is 684 g/mol. The Hall–Kier alpha value is -1.76. The van der Waals surface area contributed by atoms with Gasteiger partial charge in [-0.05, 0) is 80.6 Å². The van der Waals surface area contributed by atoms with Gasteiger partial charge in [0.2, 0.25) is 0 Å². The van der Waals surface area contributed by atoms with Gasteiger partial charge in [0.25, 0.3) is 0 Å². The maximum absolute atomic E-state index is 12.8. The quantitative estimate of drug-likeness (QED) is 0.133. The van der Waals surface area contributed by atoms with Crippen molar-refractivity contribution in [2.45, 2.75) is 158 Å². The third-order valence-electron chi connectivity index (χ3n) is 14.4. The van der Waals surface area contributed by atoms with Gasteiger partial charge >= 0.3 is 11.9 Å². The lowest BCUT2D eigenvalue weighted by Gasteiger charge is -2.63. The molecule has 7 rings (SSSR count). The topological polar surface area (TPSA) is 231 Å². The first-order valence-corrected chi connectivity index (χ1v) is 18.9. The Bertz CT molecular complexity index is 1390. The van der Waals surface area contributed by atoms with Gasteiger partial charge in [0.15, 0.2) is 12.6 Å². The Balaban J connectivity index is 1.01. The fourth-order valence-corrected chi connectivity index (χ4v) is 11.7. The molecule has 3 heterocycles. The number of hydrogen-bond acceptors (Lipinski definition) is 15. The zero-order valence-corrected chi connectivity index (χ0v) is 30.3. The normalized spacial score (nSPS) is 53.3. The van der Waals surface area contributed by atoms with Crippen molar-refractivity contribution in [2.24, 2.45) is 34.5 Å². The third kappa shape index (κ3) is 6.16. The average Bonchev–Trinajstić information content (AvgIpc) is 3.61.